The molecule has 166 valence electrons. The molecule has 3 aromatic rings. The molecule has 0 bridgehead atoms. The number of hydrogen-bond donors (Lipinski definition) is 1. The molecule has 0 saturated carbocycles. The predicted octanol–water partition coefficient (Wildman–Crippen LogP) is 4.33. The summed E-state index contributed by atoms with van der Waals surface area (Å²) in [6.45, 7) is 2.91. The lowest BCUT2D eigenvalue weighted by molar-refractivity contribution is 0.102. The van der Waals surface area contributed by atoms with E-state index in [1.807, 2.05) is 12.1 Å². The van der Waals surface area contributed by atoms with Gasteiger partial charge in [0.2, 0.25) is 0 Å². The van der Waals surface area contributed by atoms with Gasteiger partial charge in [-0.05, 0) is 80.2 Å². The van der Waals surface area contributed by atoms with Crippen molar-refractivity contribution in [3.8, 4) is 5.75 Å². The summed E-state index contributed by atoms with van der Waals surface area (Å²) in [5.41, 5.74) is 3.01. The average Bonchev–Trinajstić information content (AvgIpc) is 2.82. The van der Waals surface area contributed by atoms with E-state index in [1.54, 1.807) is 13.3 Å². The van der Waals surface area contributed by atoms with Crippen LogP contribution in [0.2, 0.25) is 0 Å². The molecule has 1 saturated heterocycles. The summed E-state index contributed by atoms with van der Waals surface area (Å²) < 4.78 is 18.4. The van der Waals surface area contributed by atoms with Crippen molar-refractivity contribution in [3.63, 3.8) is 0 Å². The number of carbonyl (C=O) groups is 1. The van der Waals surface area contributed by atoms with Crippen molar-refractivity contribution in [2.24, 2.45) is 5.92 Å². The first-order chi connectivity index (χ1) is 15.6. The molecule has 0 atom stereocenters. The number of likely N-dealkylation sites (tertiary alicyclic amines) is 1. The molecule has 6 nitrogen and oxygen atoms in total. The summed E-state index contributed by atoms with van der Waals surface area (Å²) in [7, 11) is 1.69. The minimum Gasteiger partial charge on any atom is -0.497 e. The minimum atomic E-state index is -0.343. The van der Waals surface area contributed by atoms with Crippen LogP contribution < -0.4 is 10.1 Å². The van der Waals surface area contributed by atoms with Crippen LogP contribution >= 0.6 is 0 Å². The fourth-order valence-electron chi connectivity index (χ4n) is 4.09. The molecule has 0 aliphatic carbocycles. The second-order valence-electron chi connectivity index (χ2n) is 8.12. The molecule has 1 aliphatic heterocycles. The molecule has 4 rings (SSSR count). The van der Waals surface area contributed by atoms with E-state index in [0.29, 0.717) is 17.2 Å². The summed E-state index contributed by atoms with van der Waals surface area (Å²) in [5.74, 6) is 0.726. The molecule has 2 aromatic carbocycles. The zero-order chi connectivity index (χ0) is 22.3. The average molecular weight is 435 g/mol. The number of piperidine rings is 1. The van der Waals surface area contributed by atoms with Crippen LogP contribution in [-0.4, -0.2) is 41.0 Å². The Hall–Kier alpha value is -3.32. The van der Waals surface area contributed by atoms with E-state index < -0.39 is 0 Å². The van der Waals surface area contributed by atoms with Gasteiger partial charge < -0.3 is 10.1 Å². The second kappa shape index (κ2) is 10.3. The zero-order valence-corrected chi connectivity index (χ0v) is 18.1. The number of nitrogens with zero attached hydrogens (tertiary/aromatic N) is 3. The molecule has 7 heteroatoms. The van der Waals surface area contributed by atoms with E-state index in [-0.39, 0.29) is 11.7 Å². The Morgan fingerprint density at radius 3 is 2.72 bits per heavy atom. The van der Waals surface area contributed by atoms with Gasteiger partial charge in [0.05, 0.1) is 18.4 Å². The lowest BCUT2D eigenvalue weighted by Crippen LogP contribution is -2.34. The molecule has 0 radical (unpaired) electrons. The lowest BCUT2D eigenvalue weighted by Gasteiger charge is -2.32. The minimum absolute atomic E-state index is 0.275. The molecule has 1 aromatic heterocycles. The molecular formula is C25H27FN4O2. The number of benzene rings is 2. The molecule has 1 N–H and O–H groups in total. The number of halogens is 1. The quantitative estimate of drug-likeness (QED) is 0.600. The van der Waals surface area contributed by atoms with Crippen LogP contribution in [0, 0.1) is 11.7 Å². The third kappa shape index (κ3) is 5.68. The van der Waals surface area contributed by atoms with Gasteiger partial charge in [0.1, 0.15) is 17.9 Å². The molecule has 32 heavy (non-hydrogen) atoms. The molecule has 1 amide bonds. The predicted molar refractivity (Wildman–Crippen MR) is 121 cm³/mol. The maximum absolute atomic E-state index is 13.1. The first-order valence-corrected chi connectivity index (χ1v) is 10.8. The van der Waals surface area contributed by atoms with Gasteiger partial charge in [-0.25, -0.2) is 14.4 Å². The van der Waals surface area contributed by atoms with Gasteiger partial charge in [-0.3, -0.25) is 9.69 Å². The fraction of sp³-hybridized carbons (Fsp3) is 0.320. The topological polar surface area (TPSA) is 67.3 Å². The summed E-state index contributed by atoms with van der Waals surface area (Å²) in [4.78, 5) is 23.7. The largest absolute Gasteiger partial charge is 0.497 e. The Bertz CT molecular complexity index is 1050. The van der Waals surface area contributed by atoms with Gasteiger partial charge in [-0.1, -0.05) is 12.1 Å². The molecule has 0 spiro atoms. The van der Waals surface area contributed by atoms with Gasteiger partial charge in [0.15, 0.2) is 0 Å². The monoisotopic (exact) mass is 434 g/mol. The van der Waals surface area contributed by atoms with Crippen molar-refractivity contribution in [3.05, 3.63) is 83.7 Å². The summed E-state index contributed by atoms with van der Waals surface area (Å²) in [6.07, 6.45) is 5.88. The molecular weight excluding hydrogens is 407 g/mol. The lowest BCUT2D eigenvalue weighted by atomic mass is 9.90. The SMILES string of the molecule is COc1cccc(CN2CCC(Cc3ncncc3C(=O)Nc3ccc(F)cc3)CC2)c1. The highest BCUT2D eigenvalue weighted by Gasteiger charge is 2.23. The number of aromatic nitrogens is 2. The van der Waals surface area contributed by atoms with E-state index in [0.717, 1.165) is 50.3 Å². The Morgan fingerprint density at radius 1 is 1.19 bits per heavy atom. The van der Waals surface area contributed by atoms with E-state index in [1.165, 1.54) is 36.2 Å². The third-order valence-electron chi connectivity index (χ3n) is 5.87. The number of rotatable bonds is 7. The first-order valence-electron chi connectivity index (χ1n) is 10.8. The normalized spacial score (nSPS) is 14.8. The number of amides is 1. The number of carbonyl (C=O) groups excluding carboxylic acids is 1. The molecule has 0 unspecified atom stereocenters. The van der Waals surface area contributed by atoms with Gasteiger partial charge in [0.25, 0.3) is 5.91 Å². The number of ether oxygens (including phenoxy) is 1. The van der Waals surface area contributed by atoms with E-state index in [4.69, 9.17) is 4.74 Å². The number of nitrogens with one attached hydrogen (secondary N) is 1. The van der Waals surface area contributed by atoms with Crippen LogP contribution in [0.25, 0.3) is 0 Å². The van der Waals surface area contributed by atoms with Crippen molar-refractivity contribution in [1.29, 1.82) is 0 Å². The van der Waals surface area contributed by atoms with Crippen LogP contribution in [0.3, 0.4) is 0 Å². The standard InChI is InChI=1S/C25H27FN4O2/c1-32-22-4-2-3-19(13-22)16-30-11-9-18(10-12-30)14-24-23(15-27-17-28-24)25(31)29-21-7-5-20(26)6-8-21/h2-8,13,15,17-18H,9-12,14,16H2,1H3,(H,29,31). The highest BCUT2D eigenvalue weighted by atomic mass is 19.1. The maximum Gasteiger partial charge on any atom is 0.259 e. The van der Waals surface area contributed by atoms with Crippen LogP contribution in [-0.2, 0) is 13.0 Å². The Labute approximate surface area is 187 Å². The number of anilines is 1. The zero-order valence-electron chi connectivity index (χ0n) is 18.1. The Morgan fingerprint density at radius 2 is 1.97 bits per heavy atom. The highest BCUT2D eigenvalue weighted by Crippen LogP contribution is 2.24. The Kier molecular flexibility index (Phi) is 7.07. The maximum atomic E-state index is 13.1. The Balaban J connectivity index is 1.34. The van der Waals surface area contributed by atoms with Crippen LogP contribution in [0.4, 0.5) is 10.1 Å². The van der Waals surface area contributed by atoms with Gasteiger partial charge in [0, 0.05) is 18.4 Å². The first kappa shape index (κ1) is 21.9. The molecule has 1 aliphatic rings. The number of hydrogen-bond acceptors (Lipinski definition) is 5. The van der Waals surface area contributed by atoms with Crippen LogP contribution in [0.5, 0.6) is 5.75 Å². The highest BCUT2D eigenvalue weighted by molar-refractivity contribution is 6.04. The van der Waals surface area contributed by atoms with Crippen molar-refractivity contribution in [1.82, 2.24) is 14.9 Å². The van der Waals surface area contributed by atoms with Crippen molar-refractivity contribution >= 4 is 11.6 Å². The van der Waals surface area contributed by atoms with Crippen molar-refractivity contribution in [2.75, 3.05) is 25.5 Å². The second-order valence-corrected chi connectivity index (χ2v) is 8.12. The van der Waals surface area contributed by atoms with Crippen molar-refractivity contribution in [2.45, 2.75) is 25.8 Å². The van der Waals surface area contributed by atoms with Crippen LogP contribution in [0.15, 0.2) is 61.1 Å². The van der Waals surface area contributed by atoms with Gasteiger partial charge in [-0.2, -0.15) is 0 Å². The third-order valence-corrected chi connectivity index (χ3v) is 5.87. The van der Waals surface area contributed by atoms with E-state index in [2.05, 4.69) is 32.3 Å². The van der Waals surface area contributed by atoms with E-state index >= 15 is 0 Å². The fourth-order valence-corrected chi connectivity index (χ4v) is 4.09. The van der Waals surface area contributed by atoms with Gasteiger partial charge in [-0.15, -0.1) is 0 Å². The summed E-state index contributed by atoms with van der Waals surface area (Å²) in [5, 5.41) is 2.80. The van der Waals surface area contributed by atoms with Crippen molar-refractivity contribution < 1.29 is 13.9 Å². The van der Waals surface area contributed by atoms with Crippen LogP contribution in [0.1, 0.15) is 34.5 Å². The summed E-state index contributed by atoms with van der Waals surface area (Å²) in [6, 6.07) is 13.9. The summed E-state index contributed by atoms with van der Waals surface area (Å²) >= 11 is 0. The molecule has 2 heterocycles. The van der Waals surface area contributed by atoms with Gasteiger partial charge >= 0.3 is 0 Å². The number of methoxy groups -OCH3 is 1. The smallest absolute Gasteiger partial charge is 0.259 e. The molecule has 1 fully saturated rings. The van der Waals surface area contributed by atoms with E-state index in [9.17, 15) is 9.18 Å².